The summed E-state index contributed by atoms with van der Waals surface area (Å²) >= 11 is 1.85. The molecular formula is C41H26N2OS. The van der Waals surface area contributed by atoms with Crippen LogP contribution in [0.3, 0.4) is 0 Å². The van der Waals surface area contributed by atoms with Gasteiger partial charge in [-0.15, -0.1) is 11.3 Å². The van der Waals surface area contributed by atoms with Crippen molar-refractivity contribution in [2.45, 2.75) is 0 Å². The first-order chi connectivity index (χ1) is 22.3. The minimum Gasteiger partial charge on any atom is -0.454 e. The number of thiophene rings is 1. The fourth-order valence-electron chi connectivity index (χ4n) is 6.39. The quantitative estimate of drug-likeness (QED) is 0.198. The van der Waals surface area contributed by atoms with Crippen LogP contribution >= 0.6 is 11.3 Å². The highest BCUT2D eigenvalue weighted by Crippen LogP contribution is 2.45. The Morgan fingerprint density at radius 3 is 1.96 bits per heavy atom. The smallest absolute Gasteiger partial charge is 0.161 e. The van der Waals surface area contributed by atoms with Gasteiger partial charge in [0, 0.05) is 44.0 Å². The molecule has 0 unspecified atom stereocenters. The van der Waals surface area contributed by atoms with Crippen molar-refractivity contribution in [2.24, 2.45) is 0 Å². The molecule has 9 rings (SSSR count). The highest BCUT2D eigenvalue weighted by molar-refractivity contribution is 7.26. The Balaban J connectivity index is 1.19. The van der Waals surface area contributed by atoms with E-state index in [0.717, 1.165) is 50.3 Å². The van der Waals surface area contributed by atoms with Crippen molar-refractivity contribution in [3.8, 4) is 22.3 Å². The third-order valence-electron chi connectivity index (χ3n) is 8.55. The highest BCUT2D eigenvalue weighted by atomic mass is 32.1. The number of hydrogen-bond donors (Lipinski definition) is 0. The molecule has 3 nitrogen and oxygen atoms in total. The first kappa shape index (κ1) is 25.8. The monoisotopic (exact) mass is 594 g/mol. The summed E-state index contributed by atoms with van der Waals surface area (Å²) in [6, 6.07) is 53.7. The standard InChI is InChI=1S/C41H26N2OS/c1-2-9-27(10-3-1)28-17-21-30(22-18-28)43(36-14-8-13-34-33-11-5-7-16-38(33)45-41(34)36)31-23-19-29(20-24-31)32-25-26-42-39-35-12-4-6-15-37(35)44-40(32)39/h1-26H. The van der Waals surface area contributed by atoms with Gasteiger partial charge in [-0.2, -0.15) is 0 Å². The van der Waals surface area contributed by atoms with E-state index in [0.29, 0.717) is 0 Å². The lowest BCUT2D eigenvalue weighted by molar-refractivity contribution is 0.669. The van der Waals surface area contributed by atoms with E-state index in [2.05, 4.69) is 137 Å². The van der Waals surface area contributed by atoms with Crippen LogP contribution in [-0.2, 0) is 0 Å². The molecule has 9 aromatic rings. The molecule has 4 heteroatoms. The summed E-state index contributed by atoms with van der Waals surface area (Å²) in [7, 11) is 0. The number of rotatable bonds is 5. The maximum atomic E-state index is 6.31. The topological polar surface area (TPSA) is 29.3 Å². The van der Waals surface area contributed by atoms with Crippen molar-refractivity contribution >= 4 is 70.6 Å². The highest BCUT2D eigenvalue weighted by Gasteiger charge is 2.19. The zero-order valence-electron chi connectivity index (χ0n) is 24.2. The number of anilines is 3. The van der Waals surface area contributed by atoms with Gasteiger partial charge < -0.3 is 9.32 Å². The second kappa shape index (κ2) is 10.5. The lowest BCUT2D eigenvalue weighted by atomic mass is 10.0. The SMILES string of the molecule is c1ccc(-c2ccc(N(c3ccc(-c4ccnc5c4oc4ccccc45)cc3)c3cccc4c3sc3ccccc34)cc2)cc1. The van der Waals surface area contributed by atoms with Crippen LogP contribution in [0.5, 0.6) is 0 Å². The van der Waals surface area contributed by atoms with Crippen LogP contribution in [0.1, 0.15) is 0 Å². The number of fused-ring (bicyclic) bond motifs is 6. The fourth-order valence-corrected chi connectivity index (χ4v) is 7.60. The Hall–Kier alpha value is -5.71. The maximum Gasteiger partial charge on any atom is 0.161 e. The van der Waals surface area contributed by atoms with Crippen LogP contribution in [-0.4, -0.2) is 4.98 Å². The zero-order chi connectivity index (χ0) is 29.7. The number of benzene rings is 6. The molecule has 6 aromatic carbocycles. The minimum atomic E-state index is 0.815. The molecule has 3 aromatic heterocycles. The lowest BCUT2D eigenvalue weighted by Crippen LogP contribution is -2.10. The Morgan fingerprint density at radius 1 is 0.511 bits per heavy atom. The summed E-state index contributed by atoms with van der Waals surface area (Å²) in [6.45, 7) is 0. The molecule has 0 aliphatic carbocycles. The summed E-state index contributed by atoms with van der Waals surface area (Å²) in [5.41, 5.74) is 10.4. The summed E-state index contributed by atoms with van der Waals surface area (Å²) in [5.74, 6) is 0. The predicted molar refractivity (Wildman–Crippen MR) is 190 cm³/mol. The van der Waals surface area contributed by atoms with E-state index in [1.165, 1.54) is 31.3 Å². The summed E-state index contributed by atoms with van der Waals surface area (Å²) in [4.78, 5) is 7.03. The molecule has 0 aliphatic rings. The molecule has 0 amide bonds. The molecule has 212 valence electrons. The Kier molecular flexibility index (Phi) is 6.00. The molecule has 0 saturated heterocycles. The Bertz CT molecular complexity index is 2480. The number of hydrogen-bond acceptors (Lipinski definition) is 4. The van der Waals surface area contributed by atoms with Gasteiger partial charge in [0.05, 0.1) is 10.4 Å². The van der Waals surface area contributed by atoms with E-state index in [9.17, 15) is 0 Å². The van der Waals surface area contributed by atoms with Crippen LogP contribution in [0, 0.1) is 0 Å². The molecule has 0 aliphatic heterocycles. The van der Waals surface area contributed by atoms with E-state index in [1.54, 1.807) is 0 Å². The molecule has 0 N–H and O–H groups in total. The summed E-state index contributed by atoms with van der Waals surface area (Å²) < 4.78 is 8.87. The number of pyridine rings is 1. The average molecular weight is 595 g/mol. The molecule has 0 fully saturated rings. The van der Waals surface area contributed by atoms with E-state index in [-0.39, 0.29) is 0 Å². The minimum absolute atomic E-state index is 0.815. The van der Waals surface area contributed by atoms with Gasteiger partial charge in [-0.1, -0.05) is 97.1 Å². The normalized spacial score (nSPS) is 11.6. The van der Waals surface area contributed by atoms with Gasteiger partial charge in [-0.3, -0.25) is 4.98 Å². The number of furan rings is 1. The van der Waals surface area contributed by atoms with Crippen LogP contribution in [0.25, 0.3) is 64.5 Å². The van der Waals surface area contributed by atoms with Crippen molar-refractivity contribution in [3.05, 3.63) is 158 Å². The predicted octanol–water partition coefficient (Wildman–Crippen LogP) is 12.2. The number of para-hydroxylation sites is 1. The van der Waals surface area contributed by atoms with Gasteiger partial charge in [-0.25, -0.2) is 0 Å². The molecule has 0 atom stereocenters. The molecule has 0 spiro atoms. The first-order valence-corrected chi connectivity index (χ1v) is 15.9. The zero-order valence-corrected chi connectivity index (χ0v) is 25.0. The van der Waals surface area contributed by atoms with Gasteiger partial charge in [0.1, 0.15) is 11.1 Å². The fraction of sp³-hybridized carbons (Fsp3) is 0. The molecule has 0 bridgehead atoms. The number of aromatic nitrogens is 1. The van der Waals surface area contributed by atoms with Gasteiger partial charge in [0.25, 0.3) is 0 Å². The van der Waals surface area contributed by atoms with Crippen molar-refractivity contribution in [3.63, 3.8) is 0 Å². The Labute approximate surface area is 264 Å². The van der Waals surface area contributed by atoms with Crippen LogP contribution < -0.4 is 4.90 Å². The third-order valence-corrected chi connectivity index (χ3v) is 9.76. The van der Waals surface area contributed by atoms with E-state index in [1.807, 2.05) is 41.8 Å². The van der Waals surface area contributed by atoms with E-state index >= 15 is 0 Å². The van der Waals surface area contributed by atoms with Gasteiger partial charge in [0.15, 0.2) is 5.58 Å². The molecule has 0 saturated carbocycles. The van der Waals surface area contributed by atoms with Gasteiger partial charge in [0.2, 0.25) is 0 Å². The second-order valence-electron chi connectivity index (χ2n) is 11.2. The molecule has 3 heterocycles. The largest absolute Gasteiger partial charge is 0.454 e. The maximum absolute atomic E-state index is 6.31. The molecule has 0 radical (unpaired) electrons. The lowest BCUT2D eigenvalue weighted by Gasteiger charge is -2.26. The summed E-state index contributed by atoms with van der Waals surface area (Å²) in [6.07, 6.45) is 1.87. The van der Waals surface area contributed by atoms with Crippen molar-refractivity contribution in [1.82, 2.24) is 4.98 Å². The third kappa shape index (κ3) is 4.30. The average Bonchev–Trinajstić information content (AvgIpc) is 3.69. The van der Waals surface area contributed by atoms with Crippen molar-refractivity contribution in [2.75, 3.05) is 4.90 Å². The van der Waals surface area contributed by atoms with Crippen molar-refractivity contribution in [1.29, 1.82) is 0 Å². The second-order valence-corrected chi connectivity index (χ2v) is 12.2. The summed E-state index contributed by atoms with van der Waals surface area (Å²) in [5, 5.41) is 3.61. The van der Waals surface area contributed by atoms with Gasteiger partial charge in [-0.05, 0) is 71.3 Å². The van der Waals surface area contributed by atoms with E-state index < -0.39 is 0 Å². The van der Waals surface area contributed by atoms with Crippen LogP contribution in [0.4, 0.5) is 17.1 Å². The van der Waals surface area contributed by atoms with Crippen LogP contribution in [0.2, 0.25) is 0 Å². The number of nitrogens with zero attached hydrogens (tertiary/aromatic N) is 2. The molecule has 45 heavy (non-hydrogen) atoms. The Morgan fingerprint density at radius 2 is 1.16 bits per heavy atom. The van der Waals surface area contributed by atoms with Gasteiger partial charge >= 0.3 is 0 Å². The van der Waals surface area contributed by atoms with Crippen molar-refractivity contribution < 1.29 is 4.42 Å². The van der Waals surface area contributed by atoms with E-state index in [4.69, 9.17) is 4.42 Å². The molecular weight excluding hydrogens is 569 g/mol. The van der Waals surface area contributed by atoms with Crippen LogP contribution in [0.15, 0.2) is 162 Å². The first-order valence-electron chi connectivity index (χ1n) is 15.0.